The van der Waals surface area contributed by atoms with Gasteiger partial charge in [0.05, 0.1) is 26.2 Å². The molecule has 0 atom stereocenters. The van der Waals surface area contributed by atoms with E-state index in [1.54, 1.807) is 0 Å². The summed E-state index contributed by atoms with van der Waals surface area (Å²) in [6.07, 6.45) is 10.5. The molecule has 0 aliphatic rings. The monoisotopic (exact) mass is 305 g/mol. The van der Waals surface area contributed by atoms with Gasteiger partial charge in [0.25, 0.3) is 0 Å². The molecule has 0 aliphatic heterocycles. The minimum Gasteiger partial charge on any atom is -1.00 e. The van der Waals surface area contributed by atoms with Gasteiger partial charge in [-0.05, 0) is 32.8 Å². The van der Waals surface area contributed by atoms with Crippen molar-refractivity contribution in [3.63, 3.8) is 0 Å². The highest BCUT2D eigenvalue weighted by Gasteiger charge is 2.20. The second-order valence-electron chi connectivity index (χ2n) is 4.94. The maximum absolute atomic E-state index is 3.89. The lowest BCUT2D eigenvalue weighted by Crippen LogP contribution is -3.00. The predicted molar refractivity (Wildman–Crippen MR) is 74.6 cm³/mol. The van der Waals surface area contributed by atoms with Crippen LogP contribution >= 0.6 is 0 Å². The fourth-order valence-electron chi connectivity index (χ4n) is 2.39. The summed E-state index contributed by atoms with van der Waals surface area (Å²) >= 11 is 0. The number of likely N-dealkylation sites (N-methyl/N-ethyl adjacent to an activating group) is 1. The molecule has 0 aromatic heterocycles. The summed E-state index contributed by atoms with van der Waals surface area (Å²) in [4.78, 5) is 0. The third-order valence-electron chi connectivity index (χ3n) is 3.84. The number of hydrogen-bond acceptors (Lipinski definition) is 0. The summed E-state index contributed by atoms with van der Waals surface area (Å²) in [7, 11) is 0. The highest BCUT2D eigenvalue weighted by molar-refractivity contribution is 4.65. The normalized spacial score (nSPS) is 11.0. The Morgan fingerprint density at radius 1 is 0.882 bits per heavy atom. The van der Waals surface area contributed by atoms with E-state index < -0.39 is 0 Å². The Balaban J connectivity index is 0. The molecule has 0 aliphatic carbocycles. The van der Waals surface area contributed by atoms with Crippen LogP contribution in [-0.2, 0) is 0 Å². The summed E-state index contributed by atoms with van der Waals surface area (Å²) in [5.41, 5.74) is 0. The van der Waals surface area contributed by atoms with Crippen LogP contribution in [0.25, 0.3) is 0 Å². The summed E-state index contributed by atoms with van der Waals surface area (Å²) in [6.45, 7) is 15.8. The lowest BCUT2D eigenvalue weighted by molar-refractivity contribution is -0.919. The molecule has 17 heavy (non-hydrogen) atoms. The number of hydrogen-bond donors (Lipinski definition) is 0. The maximum Gasteiger partial charge on any atom is 0.0970 e. The van der Waals surface area contributed by atoms with Gasteiger partial charge in [-0.25, -0.2) is 0 Å². The molecule has 0 saturated heterocycles. The molecule has 104 valence electrons. The molecule has 0 spiro atoms. The molecule has 0 rings (SSSR count). The van der Waals surface area contributed by atoms with Gasteiger partial charge in [-0.2, -0.15) is 0 Å². The SMILES string of the molecule is C=CC[N+](CC)(CC)CCCCCCCC.[Br-]. The second-order valence-corrected chi connectivity index (χ2v) is 4.94. The van der Waals surface area contributed by atoms with Crippen molar-refractivity contribution in [3.05, 3.63) is 12.7 Å². The molecule has 0 N–H and O–H groups in total. The summed E-state index contributed by atoms with van der Waals surface area (Å²) in [5.74, 6) is 0. The van der Waals surface area contributed by atoms with Crippen molar-refractivity contribution in [1.29, 1.82) is 0 Å². The zero-order valence-electron chi connectivity index (χ0n) is 12.2. The Morgan fingerprint density at radius 3 is 1.88 bits per heavy atom. The van der Waals surface area contributed by atoms with Crippen LogP contribution in [0.5, 0.6) is 0 Å². The van der Waals surface area contributed by atoms with Crippen molar-refractivity contribution >= 4 is 0 Å². The number of nitrogens with zero attached hydrogens (tertiary/aromatic N) is 1. The van der Waals surface area contributed by atoms with Crippen LogP contribution in [0.1, 0.15) is 59.3 Å². The third kappa shape index (κ3) is 8.84. The highest BCUT2D eigenvalue weighted by atomic mass is 79.9. The van der Waals surface area contributed by atoms with Gasteiger partial charge in [-0.1, -0.05) is 39.2 Å². The molecular formula is C15H32BrN. The van der Waals surface area contributed by atoms with Gasteiger partial charge in [-0.3, -0.25) is 0 Å². The summed E-state index contributed by atoms with van der Waals surface area (Å²) in [6, 6.07) is 0. The van der Waals surface area contributed by atoms with Gasteiger partial charge in [0, 0.05) is 0 Å². The second kappa shape index (κ2) is 12.6. The molecule has 0 heterocycles. The zero-order valence-corrected chi connectivity index (χ0v) is 13.8. The predicted octanol–water partition coefficient (Wildman–Crippen LogP) is 1.39. The Hall–Kier alpha value is 0.180. The molecule has 0 saturated carbocycles. The fourth-order valence-corrected chi connectivity index (χ4v) is 2.39. The first-order chi connectivity index (χ1) is 7.74. The molecule has 0 bridgehead atoms. The van der Waals surface area contributed by atoms with Gasteiger partial charge < -0.3 is 21.5 Å². The van der Waals surface area contributed by atoms with Crippen molar-refractivity contribution in [1.82, 2.24) is 0 Å². The Labute approximate surface area is 120 Å². The summed E-state index contributed by atoms with van der Waals surface area (Å²) < 4.78 is 1.23. The van der Waals surface area contributed by atoms with E-state index in [1.807, 2.05) is 0 Å². The molecule has 1 nitrogen and oxygen atoms in total. The summed E-state index contributed by atoms with van der Waals surface area (Å²) in [5, 5.41) is 0. The molecule has 2 heteroatoms. The van der Waals surface area contributed by atoms with Crippen LogP contribution in [0.2, 0.25) is 0 Å². The largest absolute Gasteiger partial charge is 1.00 e. The Bertz CT molecular complexity index is 164. The van der Waals surface area contributed by atoms with E-state index in [2.05, 4.69) is 33.4 Å². The van der Waals surface area contributed by atoms with Crippen molar-refractivity contribution in [2.75, 3.05) is 26.2 Å². The average molecular weight is 306 g/mol. The van der Waals surface area contributed by atoms with Crippen LogP contribution < -0.4 is 17.0 Å². The molecule has 0 radical (unpaired) electrons. The van der Waals surface area contributed by atoms with E-state index in [-0.39, 0.29) is 17.0 Å². The van der Waals surface area contributed by atoms with E-state index in [1.165, 1.54) is 62.6 Å². The lowest BCUT2D eigenvalue weighted by atomic mass is 10.1. The van der Waals surface area contributed by atoms with Gasteiger partial charge in [0.15, 0.2) is 0 Å². The van der Waals surface area contributed by atoms with Crippen LogP contribution in [0, 0.1) is 0 Å². The smallest absolute Gasteiger partial charge is 0.0970 e. The van der Waals surface area contributed by atoms with E-state index in [0.29, 0.717) is 0 Å². The van der Waals surface area contributed by atoms with E-state index in [0.717, 1.165) is 6.54 Å². The van der Waals surface area contributed by atoms with Crippen LogP contribution in [0.15, 0.2) is 12.7 Å². The fraction of sp³-hybridized carbons (Fsp3) is 0.867. The van der Waals surface area contributed by atoms with Crippen LogP contribution in [0.3, 0.4) is 0 Å². The maximum atomic E-state index is 3.89. The van der Waals surface area contributed by atoms with E-state index >= 15 is 0 Å². The Kier molecular flexibility index (Phi) is 14.5. The molecule has 0 aromatic rings. The van der Waals surface area contributed by atoms with Crippen molar-refractivity contribution in [2.24, 2.45) is 0 Å². The number of halogens is 1. The topological polar surface area (TPSA) is 0 Å². The van der Waals surface area contributed by atoms with Gasteiger partial charge in [0.2, 0.25) is 0 Å². The average Bonchev–Trinajstić information content (AvgIpc) is 2.32. The van der Waals surface area contributed by atoms with E-state index in [4.69, 9.17) is 0 Å². The molecule has 0 aromatic carbocycles. The van der Waals surface area contributed by atoms with Crippen LogP contribution in [0.4, 0.5) is 0 Å². The number of quaternary nitrogens is 1. The minimum atomic E-state index is 0. The quantitative estimate of drug-likeness (QED) is 0.307. The van der Waals surface area contributed by atoms with E-state index in [9.17, 15) is 0 Å². The molecule has 0 amide bonds. The standard InChI is InChI=1S/C15H32N.BrH/c1-5-9-10-11-12-13-15-16(7-3,8-4)14-6-2;/h6H,2,5,7-15H2,1,3-4H3;1H/q+1;/p-1. The van der Waals surface area contributed by atoms with Crippen molar-refractivity contribution in [2.45, 2.75) is 59.3 Å². The zero-order chi connectivity index (χ0) is 12.3. The molecular weight excluding hydrogens is 274 g/mol. The van der Waals surface area contributed by atoms with Gasteiger partial charge in [0.1, 0.15) is 0 Å². The first kappa shape index (κ1) is 19.5. The lowest BCUT2D eigenvalue weighted by Gasteiger charge is -2.36. The molecule has 0 fully saturated rings. The minimum absolute atomic E-state index is 0. The first-order valence-electron chi connectivity index (χ1n) is 7.20. The van der Waals surface area contributed by atoms with Crippen molar-refractivity contribution < 1.29 is 21.5 Å². The third-order valence-corrected chi connectivity index (χ3v) is 3.84. The van der Waals surface area contributed by atoms with Crippen molar-refractivity contribution in [3.8, 4) is 0 Å². The number of unbranched alkanes of at least 4 members (excludes halogenated alkanes) is 5. The van der Waals surface area contributed by atoms with Gasteiger partial charge in [-0.15, -0.1) is 0 Å². The highest BCUT2D eigenvalue weighted by Crippen LogP contribution is 2.12. The molecule has 0 unspecified atom stereocenters. The number of rotatable bonds is 11. The van der Waals surface area contributed by atoms with Crippen LogP contribution in [-0.4, -0.2) is 30.7 Å². The Morgan fingerprint density at radius 2 is 1.41 bits per heavy atom. The first-order valence-corrected chi connectivity index (χ1v) is 7.20. The van der Waals surface area contributed by atoms with Gasteiger partial charge >= 0.3 is 0 Å².